The van der Waals surface area contributed by atoms with Gasteiger partial charge < -0.3 is 4.84 Å². The van der Waals surface area contributed by atoms with Gasteiger partial charge in [0.2, 0.25) is 0 Å². The molecule has 78 valence electrons. The molecule has 0 bridgehead atoms. The van der Waals surface area contributed by atoms with Gasteiger partial charge in [0.25, 0.3) is 0 Å². The minimum absolute atomic E-state index is 0.304. The Balaban J connectivity index is 0.000000241. The highest BCUT2D eigenvalue weighted by molar-refractivity contribution is 9.10. The van der Waals surface area contributed by atoms with E-state index in [1.165, 1.54) is 6.92 Å². The van der Waals surface area contributed by atoms with E-state index in [0.29, 0.717) is 6.54 Å². The van der Waals surface area contributed by atoms with Crippen molar-refractivity contribution in [2.24, 2.45) is 0 Å². The van der Waals surface area contributed by atoms with Gasteiger partial charge in [-0.3, -0.25) is 4.79 Å². The van der Waals surface area contributed by atoms with Gasteiger partial charge in [-0.05, 0) is 19.1 Å². The van der Waals surface area contributed by atoms with Crippen molar-refractivity contribution in [2.75, 3.05) is 6.54 Å². The SMILES string of the molecule is Brc1ccccc1.CCNOC(C)=O. The van der Waals surface area contributed by atoms with Crippen molar-refractivity contribution in [3.8, 4) is 0 Å². The molecule has 0 heterocycles. The smallest absolute Gasteiger partial charge is 0.321 e. The number of carbonyl (C=O) groups excluding carboxylic acids is 1. The minimum atomic E-state index is -0.304. The number of benzene rings is 1. The lowest BCUT2D eigenvalue weighted by Gasteiger charge is -1.95. The van der Waals surface area contributed by atoms with Crippen molar-refractivity contribution in [3.63, 3.8) is 0 Å². The molecule has 0 aromatic heterocycles. The van der Waals surface area contributed by atoms with E-state index in [-0.39, 0.29) is 5.97 Å². The Labute approximate surface area is 92.5 Å². The van der Waals surface area contributed by atoms with Crippen molar-refractivity contribution < 1.29 is 9.63 Å². The normalized spacial score (nSPS) is 8.50. The van der Waals surface area contributed by atoms with Crippen molar-refractivity contribution in [2.45, 2.75) is 13.8 Å². The Kier molecular flexibility index (Phi) is 8.17. The molecule has 0 radical (unpaired) electrons. The second-order valence-corrected chi connectivity index (χ2v) is 3.30. The van der Waals surface area contributed by atoms with Crippen molar-refractivity contribution in [1.29, 1.82) is 0 Å². The third kappa shape index (κ3) is 9.22. The zero-order valence-corrected chi connectivity index (χ0v) is 9.87. The Morgan fingerprint density at radius 3 is 2.21 bits per heavy atom. The topological polar surface area (TPSA) is 38.3 Å². The molecule has 0 amide bonds. The summed E-state index contributed by atoms with van der Waals surface area (Å²) in [5.74, 6) is -0.304. The first-order chi connectivity index (χ1) is 6.66. The van der Waals surface area contributed by atoms with Crippen LogP contribution in [0.5, 0.6) is 0 Å². The molecule has 0 saturated heterocycles. The number of hydrogen-bond donors (Lipinski definition) is 1. The molecule has 0 atom stereocenters. The summed E-state index contributed by atoms with van der Waals surface area (Å²) in [6.45, 7) is 3.85. The van der Waals surface area contributed by atoms with Crippen molar-refractivity contribution in [1.82, 2.24) is 5.48 Å². The maximum atomic E-state index is 9.92. The summed E-state index contributed by atoms with van der Waals surface area (Å²) in [5, 5.41) is 0. The van der Waals surface area contributed by atoms with Crippen LogP contribution in [0.4, 0.5) is 0 Å². The van der Waals surface area contributed by atoms with Gasteiger partial charge in [0, 0.05) is 17.9 Å². The summed E-state index contributed by atoms with van der Waals surface area (Å²) in [7, 11) is 0. The molecular formula is C10H14BrNO2. The molecule has 4 heteroatoms. The molecule has 0 aliphatic rings. The predicted octanol–water partition coefficient (Wildman–Crippen LogP) is 2.52. The lowest BCUT2D eigenvalue weighted by Crippen LogP contribution is -2.16. The zero-order chi connectivity index (χ0) is 10.8. The average molecular weight is 260 g/mol. The highest BCUT2D eigenvalue weighted by Crippen LogP contribution is 2.05. The summed E-state index contributed by atoms with van der Waals surface area (Å²) in [4.78, 5) is 14.2. The highest BCUT2D eigenvalue weighted by atomic mass is 79.9. The van der Waals surface area contributed by atoms with Crippen LogP contribution in [0.25, 0.3) is 0 Å². The Hall–Kier alpha value is -0.870. The maximum Gasteiger partial charge on any atom is 0.321 e. The first-order valence-electron chi connectivity index (χ1n) is 4.27. The molecule has 3 nitrogen and oxygen atoms in total. The summed E-state index contributed by atoms with van der Waals surface area (Å²) < 4.78 is 1.13. The van der Waals surface area contributed by atoms with Gasteiger partial charge in [-0.15, -0.1) is 0 Å². The van der Waals surface area contributed by atoms with Crippen molar-refractivity contribution >= 4 is 21.9 Å². The van der Waals surface area contributed by atoms with E-state index < -0.39 is 0 Å². The van der Waals surface area contributed by atoms with Crippen LogP contribution in [0.15, 0.2) is 34.8 Å². The molecule has 1 aromatic rings. The van der Waals surface area contributed by atoms with Gasteiger partial charge in [-0.25, -0.2) is 0 Å². The molecule has 1 aromatic carbocycles. The largest absolute Gasteiger partial charge is 0.371 e. The number of carbonyl (C=O) groups is 1. The third-order valence-corrected chi connectivity index (χ3v) is 1.62. The molecule has 0 fully saturated rings. The number of nitrogens with one attached hydrogen (secondary N) is 1. The lowest BCUT2D eigenvalue weighted by atomic mass is 10.4. The summed E-state index contributed by atoms with van der Waals surface area (Å²) in [6.07, 6.45) is 0. The fourth-order valence-electron chi connectivity index (χ4n) is 0.588. The molecule has 14 heavy (non-hydrogen) atoms. The molecule has 1 rings (SSSR count). The van der Waals surface area contributed by atoms with Crippen LogP contribution >= 0.6 is 15.9 Å². The minimum Gasteiger partial charge on any atom is -0.371 e. The van der Waals surface area contributed by atoms with Crippen molar-refractivity contribution in [3.05, 3.63) is 34.8 Å². The number of hydrogen-bond acceptors (Lipinski definition) is 3. The van der Waals surface area contributed by atoms with Crippen LogP contribution in [-0.2, 0) is 9.63 Å². The second kappa shape index (κ2) is 8.72. The van der Waals surface area contributed by atoms with Gasteiger partial charge in [0.15, 0.2) is 0 Å². The molecule has 0 aliphatic heterocycles. The predicted molar refractivity (Wildman–Crippen MR) is 59.6 cm³/mol. The number of hydroxylamine groups is 1. The fourth-order valence-corrected chi connectivity index (χ4v) is 0.894. The second-order valence-electron chi connectivity index (χ2n) is 2.39. The first kappa shape index (κ1) is 13.1. The Morgan fingerprint density at radius 1 is 1.43 bits per heavy atom. The Morgan fingerprint density at radius 2 is 2.00 bits per heavy atom. The highest BCUT2D eigenvalue weighted by Gasteiger charge is 1.84. The monoisotopic (exact) mass is 259 g/mol. The Bertz CT molecular complexity index is 252. The summed E-state index contributed by atoms with van der Waals surface area (Å²) >= 11 is 3.31. The van der Waals surface area contributed by atoms with E-state index in [1.54, 1.807) is 0 Å². The van der Waals surface area contributed by atoms with Gasteiger partial charge in [-0.2, -0.15) is 5.48 Å². The standard InChI is InChI=1S/C6H5Br.C4H9NO2/c7-6-4-2-1-3-5-6;1-3-5-7-4(2)6/h1-5H;5H,3H2,1-2H3. The van der Waals surface area contributed by atoms with E-state index in [1.807, 2.05) is 37.3 Å². The molecule has 0 spiro atoms. The van der Waals surface area contributed by atoms with Crippen LogP contribution < -0.4 is 5.48 Å². The number of rotatable bonds is 2. The fraction of sp³-hybridized carbons (Fsp3) is 0.300. The number of halogens is 1. The summed E-state index contributed by atoms with van der Waals surface area (Å²) in [6, 6.07) is 9.97. The van der Waals surface area contributed by atoms with E-state index in [4.69, 9.17) is 0 Å². The van der Waals surface area contributed by atoms with E-state index in [2.05, 4.69) is 26.2 Å². The van der Waals surface area contributed by atoms with Gasteiger partial charge in [-0.1, -0.05) is 34.1 Å². The lowest BCUT2D eigenvalue weighted by molar-refractivity contribution is -0.148. The molecule has 0 saturated carbocycles. The third-order valence-electron chi connectivity index (χ3n) is 1.09. The zero-order valence-electron chi connectivity index (χ0n) is 8.29. The van der Waals surface area contributed by atoms with Gasteiger partial charge >= 0.3 is 5.97 Å². The van der Waals surface area contributed by atoms with Crippen LogP contribution in [0.3, 0.4) is 0 Å². The molecule has 0 unspecified atom stereocenters. The van der Waals surface area contributed by atoms with Gasteiger partial charge in [0.1, 0.15) is 0 Å². The van der Waals surface area contributed by atoms with Crippen LogP contribution in [0, 0.1) is 0 Å². The average Bonchev–Trinajstić information content (AvgIpc) is 2.17. The van der Waals surface area contributed by atoms with Crippen LogP contribution in [-0.4, -0.2) is 12.5 Å². The maximum absolute atomic E-state index is 9.92. The molecule has 1 N–H and O–H groups in total. The van der Waals surface area contributed by atoms with Crippen LogP contribution in [0.2, 0.25) is 0 Å². The molecular weight excluding hydrogens is 246 g/mol. The first-order valence-corrected chi connectivity index (χ1v) is 5.07. The summed E-state index contributed by atoms with van der Waals surface area (Å²) in [5.41, 5.74) is 2.40. The van der Waals surface area contributed by atoms with E-state index >= 15 is 0 Å². The molecule has 0 aliphatic carbocycles. The van der Waals surface area contributed by atoms with Gasteiger partial charge in [0.05, 0.1) is 0 Å². The van der Waals surface area contributed by atoms with E-state index in [0.717, 1.165) is 4.47 Å². The van der Waals surface area contributed by atoms with E-state index in [9.17, 15) is 4.79 Å². The quantitative estimate of drug-likeness (QED) is 0.830. The van der Waals surface area contributed by atoms with Crippen LogP contribution in [0.1, 0.15) is 13.8 Å².